The zero-order valence-corrected chi connectivity index (χ0v) is 16.8. The fourth-order valence-corrected chi connectivity index (χ4v) is 4.52. The van der Waals surface area contributed by atoms with Crippen LogP contribution in [0, 0.1) is 5.92 Å². The van der Waals surface area contributed by atoms with Crippen molar-refractivity contribution in [1.29, 1.82) is 0 Å². The van der Waals surface area contributed by atoms with Crippen LogP contribution in [-0.4, -0.2) is 31.1 Å². The predicted octanol–water partition coefficient (Wildman–Crippen LogP) is 5.63. The molecule has 0 radical (unpaired) electrons. The number of nitrogens with one attached hydrogen (secondary N) is 1. The lowest BCUT2D eigenvalue weighted by Crippen LogP contribution is -2.46. The summed E-state index contributed by atoms with van der Waals surface area (Å²) in [5.74, 6) is 0.636. The highest BCUT2D eigenvalue weighted by Gasteiger charge is 2.34. The minimum Gasteiger partial charge on any atom is -0.314 e. The minimum absolute atomic E-state index is 0. The van der Waals surface area contributed by atoms with Gasteiger partial charge in [-0.15, -0.1) is 24.8 Å². The van der Waals surface area contributed by atoms with Gasteiger partial charge in [0.05, 0.1) is 10.0 Å². The first-order chi connectivity index (χ1) is 10.2. The van der Waals surface area contributed by atoms with Crippen LogP contribution in [0.15, 0.2) is 12.1 Å². The van der Waals surface area contributed by atoms with E-state index >= 15 is 0 Å². The summed E-state index contributed by atoms with van der Waals surface area (Å²) >= 11 is 19.3. The average molecular weight is 421 g/mol. The first-order valence-corrected chi connectivity index (χ1v) is 8.90. The fourth-order valence-electron chi connectivity index (χ4n) is 3.76. The highest BCUT2D eigenvalue weighted by atomic mass is 35.5. The molecule has 3 rings (SSSR count). The van der Waals surface area contributed by atoms with E-state index in [1.54, 1.807) is 6.07 Å². The van der Waals surface area contributed by atoms with Gasteiger partial charge in [0.1, 0.15) is 0 Å². The third-order valence-corrected chi connectivity index (χ3v) is 5.92. The van der Waals surface area contributed by atoms with Gasteiger partial charge in [-0.2, -0.15) is 0 Å². The maximum atomic E-state index is 6.53. The Hall–Kier alpha value is 0.590. The first-order valence-electron chi connectivity index (χ1n) is 7.76. The summed E-state index contributed by atoms with van der Waals surface area (Å²) in [5.41, 5.74) is 1.04. The zero-order valence-electron chi connectivity index (χ0n) is 12.9. The van der Waals surface area contributed by atoms with E-state index in [9.17, 15) is 0 Å². The molecule has 132 valence electrons. The van der Waals surface area contributed by atoms with Crippen LogP contribution in [0.25, 0.3) is 0 Å². The summed E-state index contributed by atoms with van der Waals surface area (Å²) < 4.78 is 0. The maximum Gasteiger partial charge on any atom is 0.0655 e. The summed E-state index contributed by atoms with van der Waals surface area (Å²) in [6.07, 6.45) is 5.13. The number of hydrogen-bond donors (Lipinski definition) is 1. The molecule has 1 saturated carbocycles. The van der Waals surface area contributed by atoms with Gasteiger partial charge >= 0.3 is 0 Å². The molecule has 1 N–H and O–H groups in total. The molecule has 2 fully saturated rings. The molecule has 1 saturated heterocycles. The van der Waals surface area contributed by atoms with Crippen molar-refractivity contribution in [2.45, 2.75) is 31.7 Å². The Kier molecular flexibility index (Phi) is 9.32. The lowest BCUT2D eigenvalue weighted by Gasteiger charge is -2.39. The van der Waals surface area contributed by atoms with E-state index in [-0.39, 0.29) is 24.8 Å². The van der Waals surface area contributed by atoms with Gasteiger partial charge in [-0.3, -0.25) is 4.90 Å². The number of hydrogen-bond acceptors (Lipinski definition) is 2. The average Bonchev–Trinajstić information content (AvgIpc) is 3.02. The van der Waals surface area contributed by atoms with Gasteiger partial charge < -0.3 is 5.32 Å². The van der Waals surface area contributed by atoms with Crippen molar-refractivity contribution in [1.82, 2.24) is 10.2 Å². The van der Waals surface area contributed by atoms with Crippen molar-refractivity contribution in [3.63, 3.8) is 0 Å². The molecular formula is C16H23Cl5N2. The van der Waals surface area contributed by atoms with E-state index in [4.69, 9.17) is 34.8 Å². The maximum absolute atomic E-state index is 6.53. The van der Waals surface area contributed by atoms with Crippen LogP contribution < -0.4 is 5.32 Å². The smallest absolute Gasteiger partial charge is 0.0655 e. The molecule has 2 aliphatic rings. The fraction of sp³-hybridized carbons (Fsp3) is 0.625. The topological polar surface area (TPSA) is 15.3 Å². The van der Waals surface area contributed by atoms with E-state index in [1.807, 2.05) is 6.07 Å². The predicted molar refractivity (Wildman–Crippen MR) is 105 cm³/mol. The van der Waals surface area contributed by atoms with E-state index in [0.29, 0.717) is 22.0 Å². The molecule has 0 bridgehead atoms. The molecule has 1 aromatic carbocycles. The minimum atomic E-state index is 0. The Morgan fingerprint density at radius 3 is 2.13 bits per heavy atom. The van der Waals surface area contributed by atoms with Crippen molar-refractivity contribution < 1.29 is 0 Å². The molecule has 0 aromatic heterocycles. The zero-order chi connectivity index (χ0) is 14.8. The van der Waals surface area contributed by atoms with Gasteiger partial charge in [0.25, 0.3) is 0 Å². The van der Waals surface area contributed by atoms with E-state index in [1.165, 1.54) is 25.7 Å². The van der Waals surface area contributed by atoms with Crippen molar-refractivity contribution in [2.24, 2.45) is 5.92 Å². The highest BCUT2D eigenvalue weighted by molar-refractivity contribution is 6.44. The first kappa shape index (κ1) is 21.6. The van der Waals surface area contributed by atoms with Crippen LogP contribution in [0.1, 0.15) is 37.3 Å². The van der Waals surface area contributed by atoms with Gasteiger partial charge in [0.2, 0.25) is 0 Å². The Morgan fingerprint density at radius 2 is 1.52 bits per heavy atom. The van der Waals surface area contributed by atoms with Crippen molar-refractivity contribution in [2.75, 3.05) is 26.2 Å². The van der Waals surface area contributed by atoms with Crippen LogP contribution >= 0.6 is 59.6 Å². The highest BCUT2D eigenvalue weighted by Crippen LogP contribution is 2.46. The van der Waals surface area contributed by atoms with E-state index < -0.39 is 0 Å². The Balaban J connectivity index is 0.00000132. The van der Waals surface area contributed by atoms with Crippen molar-refractivity contribution in [3.05, 3.63) is 32.8 Å². The summed E-state index contributed by atoms with van der Waals surface area (Å²) in [6, 6.07) is 3.97. The summed E-state index contributed by atoms with van der Waals surface area (Å²) in [5, 5.41) is 5.41. The second-order valence-corrected chi connectivity index (χ2v) is 7.22. The van der Waals surface area contributed by atoms with Gasteiger partial charge in [-0.1, -0.05) is 47.6 Å². The number of halogens is 5. The standard InChI is InChI=1S/C16H21Cl3N2.2ClH/c17-12-5-6-13(18)15(19)14(12)16(11-3-1-2-4-11)21-9-7-20-8-10-21;;/h5-6,11,16,20H,1-4,7-10H2;2*1H/t16-;;/m1../s1. The molecule has 0 unspecified atom stereocenters. The largest absolute Gasteiger partial charge is 0.314 e. The normalized spacial score (nSPS) is 20.7. The van der Waals surface area contributed by atoms with E-state index in [0.717, 1.165) is 36.8 Å². The third kappa shape index (κ3) is 4.82. The lowest BCUT2D eigenvalue weighted by molar-refractivity contribution is 0.125. The molecule has 0 amide bonds. The molecule has 1 aliphatic heterocycles. The summed E-state index contributed by atoms with van der Waals surface area (Å²) in [4.78, 5) is 2.54. The van der Waals surface area contributed by atoms with Crippen LogP contribution in [0.5, 0.6) is 0 Å². The van der Waals surface area contributed by atoms with Gasteiger partial charge in [-0.25, -0.2) is 0 Å². The van der Waals surface area contributed by atoms with Crippen LogP contribution in [0.2, 0.25) is 15.1 Å². The summed E-state index contributed by atoms with van der Waals surface area (Å²) in [6.45, 7) is 4.14. The second-order valence-electron chi connectivity index (χ2n) is 6.03. The van der Waals surface area contributed by atoms with Crippen molar-refractivity contribution in [3.8, 4) is 0 Å². The Bertz CT molecular complexity index is 499. The molecule has 1 aliphatic carbocycles. The third-order valence-electron chi connectivity index (χ3n) is 4.77. The molecule has 0 spiro atoms. The number of piperazine rings is 1. The molecule has 2 nitrogen and oxygen atoms in total. The Morgan fingerprint density at radius 1 is 0.957 bits per heavy atom. The molecule has 1 aromatic rings. The molecule has 1 atom stereocenters. The van der Waals surface area contributed by atoms with Crippen LogP contribution in [0.4, 0.5) is 0 Å². The summed E-state index contributed by atoms with van der Waals surface area (Å²) in [7, 11) is 0. The molecule has 1 heterocycles. The number of rotatable bonds is 3. The van der Waals surface area contributed by atoms with E-state index in [2.05, 4.69) is 10.2 Å². The number of nitrogens with zero attached hydrogens (tertiary/aromatic N) is 1. The monoisotopic (exact) mass is 418 g/mol. The molecule has 23 heavy (non-hydrogen) atoms. The molecular weight excluding hydrogens is 397 g/mol. The van der Waals surface area contributed by atoms with Gasteiger partial charge in [0, 0.05) is 42.8 Å². The van der Waals surface area contributed by atoms with Crippen LogP contribution in [-0.2, 0) is 0 Å². The van der Waals surface area contributed by atoms with Gasteiger partial charge in [0.15, 0.2) is 0 Å². The van der Waals surface area contributed by atoms with Crippen molar-refractivity contribution >= 4 is 59.6 Å². The number of benzene rings is 1. The Labute approximate surface area is 166 Å². The SMILES string of the molecule is Cl.Cl.Clc1ccc(Cl)c([C@@H](C2CCCC2)N2CCNCC2)c1Cl. The molecule has 7 heteroatoms. The van der Waals surface area contributed by atoms with Gasteiger partial charge in [-0.05, 0) is 30.9 Å². The lowest BCUT2D eigenvalue weighted by atomic mass is 9.89. The second kappa shape index (κ2) is 9.91. The van der Waals surface area contributed by atoms with Crippen LogP contribution in [0.3, 0.4) is 0 Å². The quantitative estimate of drug-likeness (QED) is 0.638.